The van der Waals surface area contributed by atoms with Crippen LogP contribution in [0, 0.1) is 22.2 Å². The Bertz CT molecular complexity index is 525. The van der Waals surface area contributed by atoms with E-state index in [-0.39, 0.29) is 0 Å². The predicted molar refractivity (Wildman–Crippen MR) is 90.3 cm³/mol. The van der Waals surface area contributed by atoms with Gasteiger partial charge in [0.1, 0.15) is 0 Å². The maximum Gasteiger partial charge on any atom is 0.0374 e. The van der Waals surface area contributed by atoms with Crippen molar-refractivity contribution in [2.24, 2.45) is 22.2 Å². The molecule has 0 heterocycles. The van der Waals surface area contributed by atoms with Crippen LogP contribution >= 0.6 is 0 Å². The zero-order chi connectivity index (χ0) is 15.5. The van der Waals surface area contributed by atoms with Crippen LogP contribution in [-0.4, -0.2) is 6.54 Å². The summed E-state index contributed by atoms with van der Waals surface area (Å²) in [5, 5.41) is 3.94. The normalized spacial score (nSPS) is 29.0. The average Bonchev–Trinajstić information content (AvgIpc) is 2.79. The molecule has 21 heavy (non-hydrogen) atoms. The van der Waals surface area contributed by atoms with Crippen molar-refractivity contribution in [3.8, 4) is 0 Å². The summed E-state index contributed by atoms with van der Waals surface area (Å²) >= 11 is 0. The average molecular weight is 285 g/mol. The van der Waals surface area contributed by atoms with Gasteiger partial charge in [-0.2, -0.15) is 0 Å². The monoisotopic (exact) mass is 285 g/mol. The third kappa shape index (κ3) is 2.25. The fourth-order valence-electron chi connectivity index (χ4n) is 4.53. The Balaban J connectivity index is 1.78. The van der Waals surface area contributed by atoms with E-state index in [2.05, 4.69) is 71.1 Å². The molecule has 0 bridgehead atoms. The minimum atomic E-state index is 0.345. The summed E-state index contributed by atoms with van der Waals surface area (Å²) in [5.74, 6) is 0.787. The fraction of sp³-hybridized carbons (Fsp3) is 0.700. The molecular formula is C20H31N. The molecule has 0 aliphatic heterocycles. The van der Waals surface area contributed by atoms with Crippen molar-refractivity contribution < 1.29 is 0 Å². The Kier molecular flexibility index (Phi) is 3.30. The molecule has 1 nitrogen and oxygen atoms in total. The van der Waals surface area contributed by atoms with Crippen molar-refractivity contribution in [1.29, 1.82) is 0 Å². The zero-order valence-electron chi connectivity index (χ0n) is 14.6. The smallest absolute Gasteiger partial charge is 0.0374 e. The van der Waals surface area contributed by atoms with E-state index in [9.17, 15) is 0 Å². The lowest BCUT2D eigenvalue weighted by molar-refractivity contribution is 0.205. The van der Waals surface area contributed by atoms with Gasteiger partial charge >= 0.3 is 0 Å². The number of benzene rings is 1. The molecule has 116 valence electrons. The van der Waals surface area contributed by atoms with Gasteiger partial charge in [0, 0.05) is 6.04 Å². The molecule has 3 rings (SSSR count). The highest BCUT2D eigenvalue weighted by Gasteiger charge is 2.64. The number of hydrogen-bond acceptors (Lipinski definition) is 1. The van der Waals surface area contributed by atoms with E-state index in [4.69, 9.17) is 0 Å². The van der Waals surface area contributed by atoms with Crippen LogP contribution in [0.15, 0.2) is 24.3 Å². The van der Waals surface area contributed by atoms with Crippen molar-refractivity contribution in [1.82, 2.24) is 5.32 Å². The summed E-state index contributed by atoms with van der Waals surface area (Å²) in [6.07, 6.45) is 2.50. The van der Waals surface area contributed by atoms with Crippen molar-refractivity contribution in [3.05, 3.63) is 35.4 Å². The molecule has 2 aliphatic carbocycles. The van der Waals surface area contributed by atoms with Crippen molar-refractivity contribution in [2.45, 2.75) is 60.4 Å². The Labute approximate surface area is 130 Å². The second kappa shape index (κ2) is 4.59. The largest absolute Gasteiger partial charge is 0.309 e. The number of nitrogens with one attached hydrogen (secondary N) is 1. The van der Waals surface area contributed by atoms with Gasteiger partial charge in [0.2, 0.25) is 0 Å². The predicted octanol–water partition coefficient (Wildman–Crippen LogP) is 4.97. The first-order chi connectivity index (χ1) is 9.68. The molecule has 1 heteroatoms. The van der Waals surface area contributed by atoms with Crippen LogP contribution < -0.4 is 5.32 Å². The highest BCUT2D eigenvalue weighted by atomic mass is 15.0. The third-order valence-electron chi connectivity index (χ3n) is 7.03. The van der Waals surface area contributed by atoms with E-state index in [0.29, 0.717) is 22.3 Å². The van der Waals surface area contributed by atoms with Gasteiger partial charge in [0.15, 0.2) is 0 Å². The summed E-state index contributed by atoms with van der Waals surface area (Å²) < 4.78 is 0. The molecule has 0 spiro atoms. The zero-order valence-corrected chi connectivity index (χ0v) is 14.6. The van der Waals surface area contributed by atoms with E-state index in [1.54, 1.807) is 5.56 Å². The van der Waals surface area contributed by atoms with Gasteiger partial charge in [-0.25, -0.2) is 0 Å². The summed E-state index contributed by atoms with van der Waals surface area (Å²) in [4.78, 5) is 0. The molecule has 1 unspecified atom stereocenters. The third-order valence-corrected chi connectivity index (χ3v) is 7.03. The topological polar surface area (TPSA) is 12.0 Å². The molecule has 2 aliphatic rings. The van der Waals surface area contributed by atoms with E-state index in [1.165, 1.54) is 18.4 Å². The van der Waals surface area contributed by atoms with Crippen molar-refractivity contribution >= 4 is 0 Å². The molecule has 0 radical (unpaired) electrons. The number of hydrogen-bond donors (Lipinski definition) is 1. The molecule has 0 amide bonds. The van der Waals surface area contributed by atoms with Gasteiger partial charge in [-0.05, 0) is 52.7 Å². The first kappa shape index (κ1) is 15.1. The molecule has 1 saturated carbocycles. The molecule has 1 fully saturated rings. The molecule has 1 aromatic carbocycles. The van der Waals surface area contributed by atoms with Crippen LogP contribution in [0.1, 0.15) is 65.1 Å². The number of fused-ring (bicyclic) bond motifs is 1. The summed E-state index contributed by atoms with van der Waals surface area (Å²) in [7, 11) is 0. The van der Waals surface area contributed by atoms with E-state index >= 15 is 0 Å². The minimum Gasteiger partial charge on any atom is -0.309 e. The van der Waals surface area contributed by atoms with Gasteiger partial charge in [-0.15, -0.1) is 0 Å². The minimum absolute atomic E-state index is 0.345. The quantitative estimate of drug-likeness (QED) is 0.826. The lowest BCUT2D eigenvalue weighted by Crippen LogP contribution is -2.39. The van der Waals surface area contributed by atoms with Crippen LogP contribution in [0.25, 0.3) is 0 Å². The molecule has 0 aromatic heterocycles. The van der Waals surface area contributed by atoms with E-state index < -0.39 is 0 Å². The van der Waals surface area contributed by atoms with Gasteiger partial charge in [0.05, 0.1) is 0 Å². The number of rotatable bonds is 3. The van der Waals surface area contributed by atoms with E-state index in [0.717, 1.165) is 12.5 Å². The number of aryl methyl sites for hydroxylation is 1. The summed E-state index contributed by atoms with van der Waals surface area (Å²) in [6, 6.07) is 9.51. The molecule has 1 aromatic rings. The van der Waals surface area contributed by atoms with Crippen LogP contribution in [0.3, 0.4) is 0 Å². The van der Waals surface area contributed by atoms with Gasteiger partial charge in [-0.1, -0.05) is 65.8 Å². The van der Waals surface area contributed by atoms with Crippen molar-refractivity contribution in [2.75, 3.05) is 6.54 Å². The summed E-state index contributed by atoms with van der Waals surface area (Å²) in [6.45, 7) is 15.6. The molecule has 1 N–H and O–H groups in total. The maximum absolute atomic E-state index is 3.94. The highest BCUT2D eigenvalue weighted by molar-refractivity contribution is 5.34. The van der Waals surface area contributed by atoms with Crippen molar-refractivity contribution in [3.63, 3.8) is 0 Å². The maximum atomic E-state index is 3.94. The van der Waals surface area contributed by atoms with Crippen LogP contribution in [0.5, 0.6) is 0 Å². The lowest BCUT2D eigenvalue weighted by Gasteiger charge is -2.41. The Morgan fingerprint density at radius 2 is 1.62 bits per heavy atom. The second-order valence-corrected chi connectivity index (χ2v) is 9.02. The van der Waals surface area contributed by atoms with Gasteiger partial charge in [-0.3, -0.25) is 0 Å². The Hall–Kier alpha value is -0.820. The molecule has 1 atom stereocenters. The Morgan fingerprint density at radius 3 is 2.24 bits per heavy atom. The van der Waals surface area contributed by atoms with Gasteiger partial charge in [0.25, 0.3) is 0 Å². The van der Waals surface area contributed by atoms with E-state index in [1.807, 2.05) is 0 Å². The van der Waals surface area contributed by atoms with Gasteiger partial charge < -0.3 is 5.32 Å². The molecular weight excluding hydrogens is 254 g/mol. The van der Waals surface area contributed by atoms with Crippen LogP contribution in [-0.2, 0) is 6.42 Å². The molecule has 0 saturated heterocycles. The standard InChI is InChI=1S/C20H31N/c1-18(2)12-11-14-9-7-8-10-15(14)17(18)21-13-16-19(3,4)20(16,5)6/h7-10,16-17,21H,11-13H2,1-6H3. The van der Waals surface area contributed by atoms with Crippen LogP contribution in [0.4, 0.5) is 0 Å². The second-order valence-electron chi connectivity index (χ2n) is 9.02. The first-order valence-corrected chi connectivity index (χ1v) is 8.49. The first-order valence-electron chi connectivity index (χ1n) is 8.49. The summed E-state index contributed by atoms with van der Waals surface area (Å²) in [5.41, 5.74) is 4.36. The fourth-order valence-corrected chi connectivity index (χ4v) is 4.53. The Morgan fingerprint density at radius 1 is 1.00 bits per heavy atom. The SMILES string of the molecule is CC1(C)CCc2ccccc2C1NCC1C(C)(C)C1(C)C. The highest BCUT2D eigenvalue weighted by Crippen LogP contribution is 2.68. The van der Waals surface area contributed by atoms with Crippen LogP contribution in [0.2, 0.25) is 0 Å². The lowest BCUT2D eigenvalue weighted by atomic mass is 9.70.